The maximum Gasteiger partial charge on any atom is 0.320 e. The van der Waals surface area contributed by atoms with Gasteiger partial charge in [0.05, 0.1) is 7.11 Å². The number of aliphatic carboxylic acids is 1. The Kier molecular flexibility index (Phi) is 3.87. The van der Waals surface area contributed by atoms with Crippen LogP contribution in [0.4, 0.5) is 0 Å². The fourth-order valence-electron chi connectivity index (χ4n) is 2.52. The Morgan fingerprint density at radius 1 is 1.44 bits per heavy atom. The Hall–Kier alpha value is -1.55. The lowest BCUT2D eigenvalue weighted by Gasteiger charge is -2.34. The van der Waals surface area contributed by atoms with Gasteiger partial charge in [0.15, 0.2) is 0 Å². The molecule has 4 nitrogen and oxygen atoms in total. The third-order valence-corrected chi connectivity index (χ3v) is 3.61. The van der Waals surface area contributed by atoms with Gasteiger partial charge in [-0.3, -0.25) is 10.1 Å². The normalized spacial score (nSPS) is 27.8. The molecule has 1 aromatic carbocycles. The summed E-state index contributed by atoms with van der Waals surface area (Å²) in [6.07, 6.45) is 1.61. The summed E-state index contributed by atoms with van der Waals surface area (Å²) in [5.74, 6) is 0.460. The average Bonchev–Trinajstić information content (AvgIpc) is 2.39. The molecule has 3 atom stereocenters. The van der Waals surface area contributed by atoms with Crippen LogP contribution in [0.3, 0.4) is 0 Å². The minimum Gasteiger partial charge on any atom is -0.497 e. The molecule has 1 saturated heterocycles. The molecule has 4 heteroatoms. The molecule has 0 spiro atoms. The number of ether oxygens (including phenoxy) is 1. The van der Waals surface area contributed by atoms with Crippen LogP contribution in [0.2, 0.25) is 0 Å². The van der Waals surface area contributed by atoms with Gasteiger partial charge in [0, 0.05) is 6.04 Å². The molecule has 0 bridgehead atoms. The lowest BCUT2D eigenvalue weighted by molar-refractivity contribution is -0.140. The first-order chi connectivity index (χ1) is 8.61. The van der Waals surface area contributed by atoms with Crippen LogP contribution in [0.5, 0.6) is 5.75 Å². The first kappa shape index (κ1) is 12.9. The quantitative estimate of drug-likeness (QED) is 0.862. The first-order valence-electron chi connectivity index (χ1n) is 6.24. The molecule has 2 N–H and O–H groups in total. The number of rotatable bonds is 3. The van der Waals surface area contributed by atoms with Crippen molar-refractivity contribution in [3.8, 4) is 5.75 Å². The molecule has 1 aromatic rings. The summed E-state index contributed by atoms with van der Waals surface area (Å²) in [5.41, 5.74) is 1.09. The summed E-state index contributed by atoms with van der Waals surface area (Å²) in [7, 11) is 1.64. The molecule has 1 fully saturated rings. The Bertz CT molecular complexity index is 433. The number of nitrogens with one attached hydrogen (secondary N) is 1. The molecule has 1 heterocycles. The Labute approximate surface area is 107 Å². The third-order valence-electron chi connectivity index (χ3n) is 3.61. The molecule has 3 unspecified atom stereocenters. The molecular weight excluding hydrogens is 230 g/mol. The Balaban J connectivity index is 2.21. The summed E-state index contributed by atoms with van der Waals surface area (Å²) in [6, 6.07) is 7.45. The first-order valence-corrected chi connectivity index (χ1v) is 6.24. The molecule has 98 valence electrons. The molecule has 0 aliphatic carbocycles. The fourth-order valence-corrected chi connectivity index (χ4v) is 2.52. The Morgan fingerprint density at radius 2 is 2.22 bits per heavy atom. The van der Waals surface area contributed by atoms with Gasteiger partial charge < -0.3 is 9.84 Å². The zero-order chi connectivity index (χ0) is 13.1. The fraction of sp³-hybridized carbons (Fsp3) is 0.500. The maximum atomic E-state index is 11.1. The van der Waals surface area contributed by atoms with Gasteiger partial charge in [-0.05, 0) is 36.5 Å². The minimum absolute atomic E-state index is 0.0787. The van der Waals surface area contributed by atoms with Gasteiger partial charge in [-0.25, -0.2) is 0 Å². The van der Waals surface area contributed by atoms with E-state index in [-0.39, 0.29) is 6.04 Å². The molecular formula is C14H19NO3. The van der Waals surface area contributed by atoms with E-state index in [0.717, 1.165) is 17.7 Å². The summed E-state index contributed by atoms with van der Waals surface area (Å²) in [5, 5.41) is 12.3. The van der Waals surface area contributed by atoms with Gasteiger partial charge in [-0.1, -0.05) is 19.1 Å². The highest BCUT2D eigenvalue weighted by Crippen LogP contribution is 2.32. The summed E-state index contributed by atoms with van der Waals surface area (Å²) in [6.45, 7) is 2.15. The van der Waals surface area contributed by atoms with E-state index in [1.165, 1.54) is 0 Å². The lowest BCUT2D eigenvalue weighted by atomic mass is 9.85. The van der Waals surface area contributed by atoms with Crippen LogP contribution in [0.15, 0.2) is 24.3 Å². The van der Waals surface area contributed by atoms with E-state index < -0.39 is 12.0 Å². The zero-order valence-corrected chi connectivity index (χ0v) is 10.7. The predicted molar refractivity (Wildman–Crippen MR) is 68.7 cm³/mol. The van der Waals surface area contributed by atoms with E-state index in [4.69, 9.17) is 9.84 Å². The van der Waals surface area contributed by atoms with E-state index >= 15 is 0 Å². The second kappa shape index (κ2) is 5.40. The highest BCUT2D eigenvalue weighted by molar-refractivity contribution is 5.73. The van der Waals surface area contributed by atoms with Gasteiger partial charge >= 0.3 is 5.97 Å². The van der Waals surface area contributed by atoms with Crippen molar-refractivity contribution in [2.24, 2.45) is 5.92 Å². The van der Waals surface area contributed by atoms with Crippen LogP contribution in [-0.2, 0) is 4.79 Å². The molecule has 0 radical (unpaired) electrons. The van der Waals surface area contributed by atoms with Gasteiger partial charge in [0.1, 0.15) is 11.8 Å². The number of methoxy groups -OCH3 is 1. The zero-order valence-electron chi connectivity index (χ0n) is 10.7. The van der Waals surface area contributed by atoms with Crippen molar-refractivity contribution in [3.05, 3.63) is 29.8 Å². The minimum atomic E-state index is -0.769. The van der Waals surface area contributed by atoms with Crippen molar-refractivity contribution in [1.29, 1.82) is 0 Å². The van der Waals surface area contributed by atoms with E-state index in [9.17, 15) is 4.79 Å². The largest absolute Gasteiger partial charge is 0.497 e. The van der Waals surface area contributed by atoms with Crippen LogP contribution in [0.25, 0.3) is 0 Å². The van der Waals surface area contributed by atoms with Crippen LogP contribution in [-0.4, -0.2) is 24.2 Å². The highest BCUT2D eigenvalue weighted by atomic mass is 16.5. The molecule has 1 aliphatic rings. The smallest absolute Gasteiger partial charge is 0.320 e. The van der Waals surface area contributed by atoms with Crippen molar-refractivity contribution in [3.63, 3.8) is 0 Å². The average molecular weight is 249 g/mol. The van der Waals surface area contributed by atoms with E-state index in [1.54, 1.807) is 7.11 Å². The highest BCUT2D eigenvalue weighted by Gasteiger charge is 2.31. The van der Waals surface area contributed by atoms with Gasteiger partial charge in [-0.2, -0.15) is 0 Å². The molecule has 0 amide bonds. The van der Waals surface area contributed by atoms with Crippen LogP contribution >= 0.6 is 0 Å². The molecule has 18 heavy (non-hydrogen) atoms. The van der Waals surface area contributed by atoms with Crippen molar-refractivity contribution in [2.45, 2.75) is 31.8 Å². The van der Waals surface area contributed by atoms with Crippen LogP contribution in [0.1, 0.15) is 31.4 Å². The number of hydrogen-bond donors (Lipinski definition) is 2. The second-order valence-corrected chi connectivity index (χ2v) is 4.87. The van der Waals surface area contributed by atoms with Crippen molar-refractivity contribution < 1.29 is 14.6 Å². The summed E-state index contributed by atoms with van der Waals surface area (Å²) >= 11 is 0. The number of carbonyl (C=O) groups is 1. The number of carboxylic acid groups (broad SMARTS) is 1. The number of hydrogen-bond acceptors (Lipinski definition) is 3. The Morgan fingerprint density at radius 3 is 2.89 bits per heavy atom. The van der Waals surface area contributed by atoms with Crippen molar-refractivity contribution in [2.75, 3.05) is 7.11 Å². The molecule has 0 aromatic heterocycles. The van der Waals surface area contributed by atoms with Crippen molar-refractivity contribution in [1.82, 2.24) is 5.32 Å². The van der Waals surface area contributed by atoms with E-state index in [1.807, 2.05) is 24.3 Å². The third kappa shape index (κ3) is 2.64. The molecule has 0 saturated carbocycles. The molecule has 1 aliphatic heterocycles. The van der Waals surface area contributed by atoms with E-state index in [0.29, 0.717) is 12.3 Å². The van der Waals surface area contributed by atoms with Crippen LogP contribution in [0, 0.1) is 5.92 Å². The van der Waals surface area contributed by atoms with Crippen LogP contribution < -0.4 is 10.1 Å². The molecule has 2 rings (SSSR count). The predicted octanol–water partition coefficient (Wildman–Crippen LogP) is 2.21. The number of carboxylic acids is 1. The standard InChI is InChI=1S/C14H19NO3/c1-9-6-7-12(14(16)17)15-13(9)10-4-3-5-11(8-10)18-2/h3-5,8-9,12-13,15H,6-7H2,1-2H3,(H,16,17). The van der Waals surface area contributed by atoms with Crippen molar-refractivity contribution >= 4 is 5.97 Å². The summed E-state index contributed by atoms with van der Waals surface area (Å²) in [4.78, 5) is 11.1. The topological polar surface area (TPSA) is 58.6 Å². The maximum absolute atomic E-state index is 11.1. The van der Waals surface area contributed by atoms with E-state index in [2.05, 4.69) is 12.2 Å². The number of piperidine rings is 1. The van der Waals surface area contributed by atoms with Gasteiger partial charge in [0.2, 0.25) is 0 Å². The summed E-state index contributed by atoms with van der Waals surface area (Å²) < 4.78 is 5.21. The number of benzene rings is 1. The van der Waals surface area contributed by atoms with Gasteiger partial charge in [-0.15, -0.1) is 0 Å². The van der Waals surface area contributed by atoms with Gasteiger partial charge in [0.25, 0.3) is 0 Å². The SMILES string of the molecule is COc1cccc(C2NC(C(=O)O)CCC2C)c1. The lowest BCUT2D eigenvalue weighted by Crippen LogP contribution is -2.45. The monoisotopic (exact) mass is 249 g/mol. The second-order valence-electron chi connectivity index (χ2n) is 4.87.